The fourth-order valence-electron chi connectivity index (χ4n) is 2.21. The predicted octanol–water partition coefficient (Wildman–Crippen LogP) is 4.13. The number of rotatable bonds is 4. The normalized spacial score (nSPS) is 10.6. The van der Waals surface area contributed by atoms with E-state index in [1.54, 1.807) is 22.8 Å². The van der Waals surface area contributed by atoms with Gasteiger partial charge in [-0.05, 0) is 55.5 Å². The molecule has 0 aliphatic heterocycles. The summed E-state index contributed by atoms with van der Waals surface area (Å²) in [7, 11) is 0. The lowest BCUT2D eigenvalue weighted by molar-refractivity contribution is 0.340. The lowest BCUT2D eigenvalue weighted by Crippen LogP contribution is -2.00. The molecule has 0 unspecified atom stereocenters. The molecule has 0 amide bonds. The summed E-state index contributed by atoms with van der Waals surface area (Å²) in [6.07, 6.45) is 0. The zero-order chi connectivity index (χ0) is 15.5. The van der Waals surface area contributed by atoms with Crippen molar-refractivity contribution in [2.75, 3.05) is 6.61 Å². The summed E-state index contributed by atoms with van der Waals surface area (Å²) in [6.45, 7) is 2.53. The highest BCUT2D eigenvalue weighted by Crippen LogP contribution is 2.25. The number of halogens is 1. The van der Waals surface area contributed by atoms with Crippen LogP contribution in [-0.4, -0.2) is 21.4 Å². The first-order chi connectivity index (χ1) is 10.7. The van der Waals surface area contributed by atoms with E-state index in [4.69, 9.17) is 17.0 Å². The fraction of sp³-hybridized carbons (Fsp3) is 0.125. The quantitative estimate of drug-likeness (QED) is 0.736. The maximum absolute atomic E-state index is 14.1. The third-order valence-corrected chi connectivity index (χ3v) is 3.46. The van der Waals surface area contributed by atoms with Gasteiger partial charge in [0.25, 0.3) is 0 Å². The van der Waals surface area contributed by atoms with E-state index in [9.17, 15) is 4.39 Å². The average Bonchev–Trinajstić information content (AvgIpc) is 2.91. The van der Waals surface area contributed by atoms with Crippen LogP contribution < -0.4 is 4.74 Å². The molecule has 0 aliphatic carbocycles. The number of nitrogens with one attached hydrogen (secondary N) is 1. The second kappa shape index (κ2) is 6.11. The molecule has 22 heavy (non-hydrogen) atoms. The molecule has 1 N–H and O–H groups in total. The molecule has 0 spiro atoms. The number of aromatic amines is 1. The van der Waals surface area contributed by atoms with Gasteiger partial charge in [-0.3, -0.25) is 9.67 Å². The second-order valence-electron chi connectivity index (χ2n) is 4.60. The molecule has 3 aromatic rings. The van der Waals surface area contributed by atoms with Gasteiger partial charge in [0.05, 0.1) is 12.3 Å². The molecule has 1 heterocycles. The van der Waals surface area contributed by atoms with Gasteiger partial charge >= 0.3 is 0 Å². The molecule has 4 nitrogen and oxygen atoms in total. The SMILES string of the molecule is CCOc1ccc(-c2n[nH]c(=S)n2-c2ccccc2F)cc1. The van der Waals surface area contributed by atoms with E-state index >= 15 is 0 Å². The lowest BCUT2D eigenvalue weighted by atomic mass is 10.2. The van der Waals surface area contributed by atoms with Crippen LogP contribution >= 0.6 is 12.2 Å². The van der Waals surface area contributed by atoms with Crippen LogP contribution in [-0.2, 0) is 0 Å². The minimum atomic E-state index is -0.354. The van der Waals surface area contributed by atoms with Crippen LogP contribution in [0.1, 0.15) is 6.92 Å². The number of nitrogens with zero attached hydrogens (tertiary/aromatic N) is 2. The minimum Gasteiger partial charge on any atom is -0.494 e. The number of benzene rings is 2. The largest absolute Gasteiger partial charge is 0.494 e. The molecule has 6 heteroatoms. The molecule has 112 valence electrons. The molecule has 0 aliphatic rings. The molecule has 0 bridgehead atoms. The summed E-state index contributed by atoms with van der Waals surface area (Å²) in [6, 6.07) is 13.9. The molecule has 0 atom stereocenters. The first kappa shape index (κ1) is 14.5. The third kappa shape index (κ3) is 2.65. The predicted molar refractivity (Wildman–Crippen MR) is 85.3 cm³/mol. The van der Waals surface area contributed by atoms with Crippen molar-refractivity contribution in [3.8, 4) is 22.8 Å². The smallest absolute Gasteiger partial charge is 0.200 e. The van der Waals surface area contributed by atoms with Gasteiger partial charge in [0, 0.05) is 5.56 Å². The van der Waals surface area contributed by atoms with Crippen LogP contribution in [0.2, 0.25) is 0 Å². The van der Waals surface area contributed by atoms with Crippen molar-refractivity contribution in [1.29, 1.82) is 0 Å². The zero-order valence-electron chi connectivity index (χ0n) is 11.9. The van der Waals surface area contributed by atoms with E-state index in [1.165, 1.54) is 6.07 Å². The van der Waals surface area contributed by atoms with Crippen molar-refractivity contribution >= 4 is 12.2 Å². The van der Waals surface area contributed by atoms with E-state index in [0.29, 0.717) is 22.9 Å². The van der Waals surface area contributed by atoms with E-state index in [2.05, 4.69) is 10.2 Å². The van der Waals surface area contributed by atoms with Crippen molar-refractivity contribution in [2.45, 2.75) is 6.92 Å². The average molecular weight is 315 g/mol. The van der Waals surface area contributed by atoms with Crippen LogP contribution in [0, 0.1) is 10.6 Å². The number of aromatic nitrogens is 3. The first-order valence-corrected chi connectivity index (χ1v) is 7.27. The maximum Gasteiger partial charge on any atom is 0.200 e. The fourth-order valence-corrected chi connectivity index (χ4v) is 2.44. The summed E-state index contributed by atoms with van der Waals surface area (Å²) in [4.78, 5) is 0. The molecule has 0 saturated carbocycles. The van der Waals surface area contributed by atoms with Gasteiger partial charge < -0.3 is 4.74 Å². The number of H-pyrrole nitrogens is 1. The Kier molecular flexibility index (Phi) is 4.02. The molecule has 0 saturated heterocycles. The Hall–Kier alpha value is -2.47. The molecule has 3 rings (SSSR count). The van der Waals surface area contributed by atoms with Crippen molar-refractivity contribution < 1.29 is 9.13 Å². The summed E-state index contributed by atoms with van der Waals surface area (Å²) in [5, 5.41) is 6.94. The molecule has 0 fully saturated rings. The third-order valence-electron chi connectivity index (χ3n) is 3.19. The lowest BCUT2D eigenvalue weighted by Gasteiger charge is -2.08. The Morgan fingerprint density at radius 3 is 2.59 bits per heavy atom. The Balaban J connectivity index is 2.10. The van der Waals surface area contributed by atoms with Crippen LogP contribution in [0.5, 0.6) is 5.75 Å². The van der Waals surface area contributed by atoms with Crippen LogP contribution in [0.15, 0.2) is 48.5 Å². The van der Waals surface area contributed by atoms with Crippen molar-refractivity contribution in [2.24, 2.45) is 0 Å². The molecular formula is C16H14FN3OS. The summed E-state index contributed by atoms with van der Waals surface area (Å²) in [5.74, 6) is 0.975. The van der Waals surface area contributed by atoms with E-state index in [-0.39, 0.29) is 5.82 Å². The van der Waals surface area contributed by atoms with Crippen LogP contribution in [0.3, 0.4) is 0 Å². The van der Waals surface area contributed by atoms with Gasteiger partial charge in [-0.2, -0.15) is 5.10 Å². The molecular weight excluding hydrogens is 301 g/mol. The Bertz CT molecular complexity index is 839. The number of para-hydroxylation sites is 1. The second-order valence-corrected chi connectivity index (χ2v) is 4.98. The topological polar surface area (TPSA) is 42.8 Å². The van der Waals surface area contributed by atoms with E-state index in [1.807, 2.05) is 31.2 Å². The Morgan fingerprint density at radius 1 is 1.18 bits per heavy atom. The van der Waals surface area contributed by atoms with Gasteiger partial charge in [-0.15, -0.1) is 0 Å². The van der Waals surface area contributed by atoms with Gasteiger partial charge in [0.1, 0.15) is 11.6 Å². The van der Waals surface area contributed by atoms with E-state index < -0.39 is 0 Å². The van der Waals surface area contributed by atoms with E-state index in [0.717, 1.165) is 11.3 Å². The van der Waals surface area contributed by atoms with Gasteiger partial charge in [0.2, 0.25) is 0 Å². The highest BCUT2D eigenvalue weighted by molar-refractivity contribution is 7.71. The highest BCUT2D eigenvalue weighted by Gasteiger charge is 2.13. The van der Waals surface area contributed by atoms with Gasteiger partial charge in [-0.1, -0.05) is 12.1 Å². The standard InChI is InChI=1S/C16H14FN3OS/c1-2-21-12-9-7-11(8-10-12)15-18-19-16(22)20(15)14-6-4-3-5-13(14)17/h3-10H,2H2,1H3,(H,19,22). The Labute approximate surface area is 132 Å². The van der Waals surface area contributed by atoms with Gasteiger partial charge in [0.15, 0.2) is 10.6 Å². The monoisotopic (exact) mass is 315 g/mol. The zero-order valence-corrected chi connectivity index (χ0v) is 12.7. The van der Waals surface area contributed by atoms with Crippen molar-refractivity contribution in [3.05, 3.63) is 59.1 Å². The number of hydrogen-bond donors (Lipinski definition) is 1. The summed E-state index contributed by atoms with van der Waals surface area (Å²) in [5.41, 5.74) is 1.18. The van der Waals surface area contributed by atoms with Crippen molar-refractivity contribution in [1.82, 2.24) is 14.8 Å². The minimum absolute atomic E-state index is 0.342. The number of hydrogen-bond acceptors (Lipinski definition) is 3. The van der Waals surface area contributed by atoms with Crippen LogP contribution in [0.4, 0.5) is 4.39 Å². The molecule has 2 aromatic carbocycles. The summed E-state index contributed by atoms with van der Waals surface area (Å²) < 4.78 is 21.4. The molecule has 1 aromatic heterocycles. The first-order valence-electron chi connectivity index (χ1n) is 6.86. The van der Waals surface area contributed by atoms with Crippen LogP contribution in [0.25, 0.3) is 17.1 Å². The molecule has 0 radical (unpaired) electrons. The Morgan fingerprint density at radius 2 is 1.91 bits per heavy atom. The van der Waals surface area contributed by atoms with Gasteiger partial charge in [-0.25, -0.2) is 4.39 Å². The van der Waals surface area contributed by atoms with Crippen molar-refractivity contribution in [3.63, 3.8) is 0 Å². The number of ether oxygens (including phenoxy) is 1. The summed E-state index contributed by atoms with van der Waals surface area (Å²) >= 11 is 5.24. The maximum atomic E-state index is 14.1. The highest BCUT2D eigenvalue weighted by atomic mass is 32.1.